The van der Waals surface area contributed by atoms with Crippen molar-refractivity contribution in [2.45, 2.75) is 19.4 Å². The summed E-state index contributed by atoms with van der Waals surface area (Å²) >= 11 is 9.39. The summed E-state index contributed by atoms with van der Waals surface area (Å²) in [5, 5.41) is 4.62. The van der Waals surface area contributed by atoms with E-state index < -0.39 is 0 Å². The number of carbonyl (C=O) groups excluding carboxylic acids is 1. The van der Waals surface area contributed by atoms with E-state index in [2.05, 4.69) is 27.2 Å². The van der Waals surface area contributed by atoms with E-state index in [4.69, 9.17) is 16.1 Å². The van der Waals surface area contributed by atoms with E-state index in [-0.39, 0.29) is 11.9 Å². The summed E-state index contributed by atoms with van der Waals surface area (Å²) in [4.78, 5) is 14.8. The Hall–Kier alpha value is -2.11. The Morgan fingerprint density at radius 2 is 2.00 bits per heavy atom. The molecule has 0 fully saturated rings. The van der Waals surface area contributed by atoms with Crippen LogP contribution in [0.15, 0.2) is 57.5 Å². The van der Waals surface area contributed by atoms with Gasteiger partial charge in [0.05, 0.1) is 0 Å². The van der Waals surface area contributed by atoms with Crippen molar-refractivity contribution >= 4 is 39.1 Å². The third-order valence-electron chi connectivity index (χ3n) is 4.33. The molecule has 0 saturated carbocycles. The standard InChI is InChI=1S/C19H14BrClN2O2/c1-11-8-13-9-14(20)4-7-17(13)23(11)19(24)16-10-18(25-22-16)12-2-5-15(21)6-3-12/h2-7,9-11H,8H2,1H3. The molecule has 0 N–H and O–H groups in total. The molecule has 2 aromatic carbocycles. The second-order valence-electron chi connectivity index (χ2n) is 6.08. The molecular weight excluding hydrogens is 404 g/mol. The largest absolute Gasteiger partial charge is 0.355 e. The maximum Gasteiger partial charge on any atom is 0.280 e. The number of fused-ring (bicyclic) bond motifs is 1. The SMILES string of the molecule is CC1Cc2cc(Br)ccc2N1C(=O)c1cc(-c2ccc(Cl)cc2)on1. The summed E-state index contributed by atoms with van der Waals surface area (Å²) in [7, 11) is 0. The second-order valence-corrected chi connectivity index (χ2v) is 7.44. The summed E-state index contributed by atoms with van der Waals surface area (Å²) in [6.45, 7) is 2.03. The Bertz CT molecular complexity index is 952. The van der Waals surface area contributed by atoms with E-state index in [0.29, 0.717) is 16.5 Å². The lowest BCUT2D eigenvalue weighted by Crippen LogP contribution is -2.35. The molecule has 0 bridgehead atoms. The number of amides is 1. The van der Waals surface area contributed by atoms with Crippen molar-refractivity contribution in [3.05, 3.63) is 69.3 Å². The molecular formula is C19H14BrClN2O2. The van der Waals surface area contributed by atoms with Crippen LogP contribution in [0, 0.1) is 0 Å². The Balaban J connectivity index is 1.65. The summed E-state index contributed by atoms with van der Waals surface area (Å²) in [5.41, 5.74) is 3.20. The maximum atomic E-state index is 13.0. The molecule has 0 spiro atoms. The minimum atomic E-state index is -0.155. The van der Waals surface area contributed by atoms with Crippen LogP contribution in [-0.2, 0) is 6.42 Å². The molecule has 2 heterocycles. The van der Waals surface area contributed by atoms with Gasteiger partial charge in [-0.1, -0.05) is 32.7 Å². The number of halogens is 2. The highest BCUT2D eigenvalue weighted by Gasteiger charge is 2.33. The van der Waals surface area contributed by atoms with Crippen LogP contribution in [0.25, 0.3) is 11.3 Å². The highest BCUT2D eigenvalue weighted by molar-refractivity contribution is 9.10. The molecule has 0 aliphatic carbocycles. The zero-order valence-corrected chi connectivity index (χ0v) is 15.7. The number of carbonyl (C=O) groups is 1. The van der Waals surface area contributed by atoms with Crippen molar-refractivity contribution in [1.29, 1.82) is 0 Å². The number of aromatic nitrogens is 1. The summed E-state index contributed by atoms with van der Waals surface area (Å²) in [5.74, 6) is 0.389. The zero-order chi connectivity index (χ0) is 17.6. The minimum Gasteiger partial charge on any atom is -0.355 e. The number of hydrogen-bond acceptors (Lipinski definition) is 3. The first-order valence-electron chi connectivity index (χ1n) is 7.87. The lowest BCUT2D eigenvalue weighted by molar-refractivity contribution is 0.0973. The van der Waals surface area contributed by atoms with E-state index in [9.17, 15) is 4.79 Å². The average molecular weight is 418 g/mol. The Morgan fingerprint density at radius 1 is 1.24 bits per heavy atom. The van der Waals surface area contributed by atoms with Gasteiger partial charge in [-0.3, -0.25) is 4.79 Å². The van der Waals surface area contributed by atoms with Gasteiger partial charge in [0.15, 0.2) is 11.5 Å². The fourth-order valence-corrected chi connectivity index (χ4v) is 3.69. The first kappa shape index (κ1) is 16.4. The van der Waals surface area contributed by atoms with Gasteiger partial charge in [0.2, 0.25) is 0 Å². The molecule has 1 aliphatic rings. The minimum absolute atomic E-state index is 0.0764. The van der Waals surface area contributed by atoms with Gasteiger partial charge in [-0.05, 0) is 61.4 Å². The predicted molar refractivity (Wildman–Crippen MR) is 101 cm³/mol. The van der Waals surface area contributed by atoms with Crippen molar-refractivity contribution in [2.24, 2.45) is 0 Å². The van der Waals surface area contributed by atoms with Crippen molar-refractivity contribution in [2.75, 3.05) is 4.90 Å². The summed E-state index contributed by atoms with van der Waals surface area (Å²) < 4.78 is 6.38. The molecule has 0 saturated heterocycles. The Morgan fingerprint density at radius 3 is 2.76 bits per heavy atom. The third kappa shape index (κ3) is 2.98. The van der Waals surface area contributed by atoms with E-state index in [1.807, 2.05) is 31.2 Å². The quantitative estimate of drug-likeness (QED) is 0.565. The van der Waals surface area contributed by atoms with Crippen LogP contribution in [-0.4, -0.2) is 17.1 Å². The van der Waals surface area contributed by atoms with Crippen LogP contribution in [0.3, 0.4) is 0 Å². The van der Waals surface area contributed by atoms with E-state index in [0.717, 1.165) is 27.7 Å². The van der Waals surface area contributed by atoms with Crippen molar-refractivity contribution < 1.29 is 9.32 Å². The number of rotatable bonds is 2. The van der Waals surface area contributed by atoms with E-state index >= 15 is 0 Å². The van der Waals surface area contributed by atoms with Gasteiger partial charge in [-0.2, -0.15) is 0 Å². The molecule has 0 radical (unpaired) electrons. The topological polar surface area (TPSA) is 46.3 Å². The van der Waals surface area contributed by atoms with Gasteiger partial charge in [0, 0.05) is 32.9 Å². The number of hydrogen-bond donors (Lipinski definition) is 0. The third-order valence-corrected chi connectivity index (χ3v) is 5.08. The van der Waals surface area contributed by atoms with E-state index in [1.54, 1.807) is 23.1 Å². The van der Waals surface area contributed by atoms with Crippen LogP contribution in [0.1, 0.15) is 23.0 Å². The molecule has 1 atom stereocenters. The average Bonchev–Trinajstić information content (AvgIpc) is 3.19. The predicted octanol–water partition coefficient (Wildman–Crippen LogP) is 5.35. The van der Waals surface area contributed by atoms with Crippen LogP contribution in [0.4, 0.5) is 5.69 Å². The van der Waals surface area contributed by atoms with Gasteiger partial charge in [0.1, 0.15) is 0 Å². The van der Waals surface area contributed by atoms with Crippen molar-refractivity contribution in [3.8, 4) is 11.3 Å². The molecule has 4 nitrogen and oxygen atoms in total. The summed E-state index contributed by atoms with van der Waals surface area (Å²) in [6.07, 6.45) is 0.822. The monoisotopic (exact) mass is 416 g/mol. The molecule has 6 heteroatoms. The molecule has 25 heavy (non-hydrogen) atoms. The molecule has 1 aliphatic heterocycles. The van der Waals surface area contributed by atoms with Crippen LogP contribution >= 0.6 is 27.5 Å². The Kier molecular flexibility index (Phi) is 4.13. The van der Waals surface area contributed by atoms with Crippen molar-refractivity contribution in [1.82, 2.24) is 5.16 Å². The van der Waals surface area contributed by atoms with Gasteiger partial charge < -0.3 is 9.42 Å². The van der Waals surface area contributed by atoms with Gasteiger partial charge in [0.25, 0.3) is 5.91 Å². The molecule has 1 aromatic heterocycles. The number of benzene rings is 2. The lowest BCUT2D eigenvalue weighted by Gasteiger charge is -2.21. The van der Waals surface area contributed by atoms with Gasteiger partial charge >= 0.3 is 0 Å². The maximum absolute atomic E-state index is 13.0. The molecule has 1 unspecified atom stereocenters. The second kappa shape index (κ2) is 6.32. The first-order valence-corrected chi connectivity index (χ1v) is 9.04. The highest BCUT2D eigenvalue weighted by Crippen LogP contribution is 2.35. The van der Waals surface area contributed by atoms with E-state index in [1.165, 1.54) is 0 Å². The Labute approximate surface area is 158 Å². The number of anilines is 1. The molecule has 3 aromatic rings. The lowest BCUT2D eigenvalue weighted by atomic mass is 10.1. The van der Waals surface area contributed by atoms with Crippen LogP contribution < -0.4 is 4.90 Å². The first-order chi connectivity index (χ1) is 12.0. The fraction of sp³-hybridized carbons (Fsp3) is 0.158. The normalized spacial score (nSPS) is 16.1. The summed E-state index contributed by atoms with van der Waals surface area (Å²) in [6, 6.07) is 14.9. The van der Waals surface area contributed by atoms with Crippen LogP contribution in [0.2, 0.25) is 5.02 Å². The number of nitrogens with zero attached hydrogens (tertiary/aromatic N) is 2. The highest BCUT2D eigenvalue weighted by atomic mass is 79.9. The smallest absolute Gasteiger partial charge is 0.280 e. The van der Waals surface area contributed by atoms with Crippen molar-refractivity contribution in [3.63, 3.8) is 0 Å². The van der Waals surface area contributed by atoms with Crippen LogP contribution in [0.5, 0.6) is 0 Å². The molecule has 126 valence electrons. The zero-order valence-electron chi connectivity index (χ0n) is 13.4. The van der Waals surface area contributed by atoms with Gasteiger partial charge in [-0.15, -0.1) is 0 Å². The molecule has 4 rings (SSSR count). The van der Waals surface area contributed by atoms with Gasteiger partial charge in [-0.25, -0.2) is 0 Å². The fourth-order valence-electron chi connectivity index (χ4n) is 3.16. The molecule has 1 amide bonds.